The quantitative estimate of drug-likeness (QED) is 0.617. The second-order valence-electron chi connectivity index (χ2n) is 4.95. The molecule has 0 fully saturated rings. The highest BCUT2D eigenvalue weighted by molar-refractivity contribution is 8.14. The van der Waals surface area contributed by atoms with E-state index in [0.29, 0.717) is 6.61 Å². The van der Waals surface area contributed by atoms with Crippen LogP contribution in [0.4, 0.5) is 4.39 Å². The van der Waals surface area contributed by atoms with Gasteiger partial charge in [0.2, 0.25) is 5.04 Å². The fourth-order valence-electron chi connectivity index (χ4n) is 2.54. The molecular weight excluding hydrogens is 321 g/mol. The number of nitrogens with two attached hydrogens (primary N) is 1. The van der Waals surface area contributed by atoms with Crippen LogP contribution < -0.4 is 17.8 Å². The molecule has 1 heterocycles. The third kappa shape index (κ3) is 3.35. The molecule has 3 rings (SSSR count). The lowest BCUT2D eigenvalue weighted by molar-refractivity contribution is -0.107. The summed E-state index contributed by atoms with van der Waals surface area (Å²) in [6.07, 6.45) is -0.139. The molecule has 5 heteroatoms. The molecule has 0 bridgehead atoms. The first-order chi connectivity index (χ1) is 10.2. The summed E-state index contributed by atoms with van der Waals surface area (Å²) in [7, 11) is 0. The molecule has 0 radical (unpaired) electrons. The molecule has 0 aliphatic carbocycles. The third-order valence-electron chi connectivity index (χ3n) is 3.59. The molecule has 2 N–H and O–H groups in total. The zero-order valence-corrected chi connectivity index (χ0v) is 13.8. The highest BCUT2D eigenvalue weighted by atomic mass is 35.5. The predicted molar refractivity (Wildman–Crippen MR) is 83.6 cm³/mol. The van der Waals surface area contributed by atoms with Gasteiger partial charge in [-0.1, -0.05) is 36.9 Å². The van der Waals surface area contributed by atoms with Crippen molar-refractivity contribution < 1.29 is 26.9 Å². The Morgan fingerprint density at radius 2 is 2.00 bits per heavy atom. The average molecular weight is 338 g/mol. The van der Waals surface area contributed by atoms with Crippen LogP contribution in [0.3, 0.4) is 0 Å². The largest absolute Gasteiger partial charge is 1.00 e. The lowest BCUT2D eigenvalue weighted by Crippen LogP contribution is -3.00. The van der Waals surface area contributed by atoms with Gasteiger partial charge >= 0.3 is 0 Å². The van der Waals surface area contributed by atoms with Crippen molar-refractivity contribution in [3.8, 4) is 0 Å². The van der Waals surface area contributed by atoms with Gasteiger partial charge < -0.3 is 17.1 Å². The van der Waals surface area contributed by atoms with Gasteiger partial charge in [-0.3, -0.25) is 0 Å². The van der Waals surface area contributed by atoms with Crippen LogP contribution in [0.5, 0.6) is 0 Å². The fourth-order valence-corrected chi connectivity index (χ4v) is 3.14. The summed E-state index contributed by atoms with van der Waals surface area (Å²) in [6.45, 7) is 2.66. The van der Waals surface area contributed by atoms with Crippen molar-refractivity contribution in [2.45, 2.75) is 19.6 Å². The Hall–Kier alpha value is -1.36. The van der Waals surface area contributed by atoms with E-state index in [1.165, 1.54) is 17.7 Å². The molecule has 1 unspecified atom stereocenters. The van der Waals surface area contributed by atoms with Crippen molar-refractivity contribution >= 4 is 16.8 Å². The van der Waals surface area contributed by atoms with Crippen LogP contribution in [-0.2, 0) is 11.3 Å². The van der Waals surface area contributed by atoms with E-state index in [9.17, 15) is 4.39 Å². The van der Waals surface area contributed by atoms with Crippen molar-refractivity contribution in [2.24, 2.45) is 0 Å². The van der Waals surface area contributed by atoms with Crippen LogP contribution in [0.15, 0.2) is 42.5 Å². The second kappa shape index (κ2) is 7.27. The molecule has 2 aromatic rings. The van der Waals surface area contributed by atoms with Crippen LogP contribution in [0.2, 0.25) is 0 Å². The molecule has 1 atom stereocenters. The smallest absolute Gasteiger partial charge is 0.238 e. The number of thioether (sulfide) groups is 1. The highest BCUT2D eigenvalue weighted by Crippen LogP contribution is 2.36. The lowest BCUT2D eigenvalue weighted by Gasteiger charge is -2.12. The van der Waals surface area contributed by atoms with E-state index in [1.807, 2.05) is 6.07 Å². The number of hydrogen-bond donors (Lipinski definition) is 1. The normalized spacial score (nSPS) is 16.0. The molecule has 116 valence electrons. The van der Waals surface area contributed by atoms with Crippen LogP contribution in [0, 0.1) is 5.82 Å². The van der Waals surface area contributed by atoms with E-state index in [0.717, 1.165) is 27.5 Å². The highest BCUT2D eigenvalue weighted by Gasteiger charge is 2.26. The summed E-state index contributed by atoms with van der Waals surface area (Å²) in [6, 6.07) is 12.7. The molecule has 0 saturated carbocycles. The molecule has 1 aliphatic heterocycles. The minimum absolute atomic E-state index is 0. The van der Waals surface area contributed by atoms with Crippen molar-refractivity contribution in [1.29, 1.82) is 0 Å². The molecule has 0 aromatic heterocycles. The van der Waals surface area contributed by atoms with E-state index in [-0.39, 0.29) is 24.3 Å². The Bertz CT molecular complexity index is 675. The Kier molecular flexibility index (Phi) is 5.62. The van der Waals surface area contributed by atoms with Crippen molar-refractivity contribution in [1.82, 2.24) is 0 Å². The first kappa shape index (κ1) is 17.0. The zero-order chi connectivity index (χ0) is 14.8. The van der Waals surface area contributed by atoms with Gasteiger partial charge in [-0.25, -0.2) is 9.80 Å². The summed E-state index contributed by atoms with van der Waals surface area (Å²) in [4.78, 5) is 0. The monoisotopic (exact) mass is 337 g/mol. The van der Waals surface area contributed by atoms with Crippen LogP contribution in [-0.4, -0.2) is 10.8 Å². The van der Waals surface area contributed by atoms with Gasteiger partial charge in [0.15, 0.2) is 0 Å². The van der Waals surface area contributed by atoms with Crippen LogP contribution in [0.25, 0.3) is 0 Å². The standard InChI is InChI=1S/C17H16FNOS.ClH/c1-2-21-17(19)12-3-4-13-10-20-16(15(13)9-12)11-5-7-14(18)8-6-11;/h3-9,16,19H,2,10H2,1H3;1H. The number of fused-ring (bicyclic) bond motifs is 1. The van der Waals surface area contributed by atoms with Gasteiger partial charge in [0.05, 0.1) is 12.2 Å². The molecular formula is C17H17ClFNOS. The SMILES string of the molecule is CCSC(=[NH2+])c1ccc2c(c1)C(c1ccc(F)cc1)OC2.[Cl-]. The third-order valence-corrected chi connectivity index (χ3v) is 4.43. The first-order valence-corrected chi connectivity index (χ1v) is 7.93. The average Bonchev–Trinajstić information content (AvgIpc) is 2.91. The maximum absolute atomic E-state index is 13.1. The van der Waals surface area contributed by atoms with Gasteiger partial charge in [0.1, 0.15) is 11.9 Å². The predicted octanol–water partition coefficient (Wildman–Crippen LogP) is -0.292. The maximum atomic E-state index is 13.1. The Morgan fingerprint density at radius 1 is 1.27 bits per heavy atom. The number of ether oxygens (including phenoxy) is 1. The van der Waals surface area contributed by atoms with E-state index in [4.69, 9.17) is 10.1 Å². The van der Waals surface area contributed by atoms with Gasteiger partial charge in [-0.05, 0) is 41.0 Å². The van der Waals surface area contributed by atoms with Crippen LogP contribution in [0.1, 0.15) is 35.3 Å². The van der Waals surface area contributed by atoms with Gasteiger partial charge in [0, 0.05) is 5.75 Å². The van der Waals surface area contributed by atoms with Gasteiger partial charge in [0.25, 0.3) is 0 Å². The molecule has 0 amide bonds. The Labute approximate surface area is 140 Å². The zero-order valence-electron chi connectivity index (χ0n) is 12.2. The summed E-state index contributed by atoms with van der Waals surface area (Å²) < 4.78 is 18.9. The minimum Gasteiger partial charge on any atom is -1.00 e. The van der Waals surface area contributed by atoms with Crippen molar-refractivity contribution in [2.75, 3.05) is 5.75 Å². The molecule has 2 nitrogen and oxygen atoms in total. The molecule has 1 aliphatic rings. The molecule has 2 aromatic carbocycles. The molecule has 0 saturated heterocycles. The molecule has 0 spiro atoms. The summed E-state index contributed by atoms with van der Waals surface area (Å²) in [5.41, 5.74) is 4.29. The first-order valence-electron chi connectivity index (χ1n) is 6.94. The Morgan fingerprint density at radius 3 is 2.68 bits per heavy atom. The van der Waals surface area contributed by atoms with E-state index in [2.05, 4.69) is 19.1 Å². The van der Waals surface area contributed by atoms with E-state index < -0.39 is 0 Å². The fraction of sp³-hybridized carbons (Fsp3) is 0.235. The second-order valence-corrected chi connectivity index (χ2v) is 6.26. The van der Waals surface area contributed by atoms with E-state index >= 15 is 0 Å². The van der Waals surface area contributed by atoms with Gasteiger partial charge in [-0.15, -0.1) is 0 Å². The number of halogens is 2. The number of hydrogen-bond acceptors (Lipinski definition) is 2. The van der Waals surface area contributed by atoms with E-state index in [1.54, 1.807) is 23.9 Å². The minimum atomic E-state index is -0.234. The topological polar surface area (TPSA) is 34.8 Å². The van der Waals surface area contributed by atoms with Gasteiger partial charge in [-0.2, -0.15) is 0 Å². The van der Waals surface area contributed by atoms with Crippen molar-refractivity contribution in [3.05, 3.63) is 70.5 Å². The molecule has 22 heavy (non-hydrogen) atoms. The Balaban J connectivity index is 0.00000176. The summed E-state index contributed by atoms with van der Waals surface area (Å²) in [5, 5.41) is 6.92. The van der Waals surface area contributed by atoms with Crippen molar-refractivity contribution in [3.63, 3.8) is 0 Å². The number of rotatable bonds is 3. The maximum Gasteiger partial charge on any atom is 0.238 e. The van der Waals surface area contributed by atoms with Crippen LogP contribution >= 0.6 is 11.8 Å². The summed E-state index contributed by atoms with van der Waals surface area (Å²) >= 11 is 1.63. The summed E-state index contributed by atoms with van der Waals surface area (Å²) in [5.74, 6) is 0.712. The lowest BCUT2D eigenvalue weighted by atomic mass is 9.97. The number of benzene rings is 2.